The second kappa shape index (κ2) is 6.25. The van der Waals surface area contributed by atoms with Crippen molar-refractivity contribution in [2.45, 2.75) is 6.92 Å². The summed E-state index contributed by atoms with van der Waals surface area (Å²) in [6.07, 6.45) is 1.53. The molecule has 0 saturated heterocycles. The smallest absolute Gasteiger partial charge is 0.189 e. The van der Waals surface area contributed by atoms with Gasteiger partial charge >= 0.3 is 0 Å². The summed E-state index contributed by atoms with van der Waals surface area (Å²) in [5, 5.41) is 7.46. The summed E-state index contributed by atoms with van der Waals surface area (Å²) < 4.78 is 0.928. The minimum Gasteiger partial charge on any atom is -0.339 e. The van der Waals surface area contributed by atoms with Crippen LogP contribution in [0.3, 0.4) is 0 Å². The Bertz CT molecular complexity index is 981. The van der Waals surface area contributed by atoms with E-state index in [0.717, 1.165) is 27.0 Å². The molecule has 0 amide bonds. The van der Waals surface area contributed by atoms with Crippen molar-refractivity contribution in [2.24, 2.45) is 0 Å². The molecule has 4 rings (SSSR count). The van der Waals surface area contributed by atoms with Crippen LogP contribution in [0.25, 0.3) is 10.3 Å². The van der Waals surface area contributed by atoms with Gasteiger partial charge in [-0.3, -0.25) is 0 Å². The SMILES string of the molecule is Cc1cccc(Nc2ncnc3nc(Nc4ccccc4)sc23)c1. The number of para-hydroxylation sites is 1. The highest BCUT2D eigenvalue weighted by atomic mass is 32.1. The summed E-state index contributed by atoms with van der Waals surface area (Å²) in [5.74, 6) is 0.768. The van der Waals surface area contributed by atoms with Crippen LogP contribution in [0.15, 0.2) is 60.9 Å². The minimum absolute atomic E-state index is 0.684. The fraction of sp³-hybridized carbons (Fsp3) is 0.0556. The molecule has 0 spiro atoms. The Morgan fingerprint density at radius 3 is 2.54 bits per heavy atom. The van der Waals surface area contributed by atoms with Gasteiger partial charge in [-0.15, -0.1) is 0 Å². The quantitative estimate of drug-likeness (QED) is 0.557. The van der Waals surface area contributed by atoms with E-state index < -0.39 is 0 Å². The second-order valence-corrected chi connectivity index (χ2v) is 6.38. The molecule has 0 unspecified atom stereocenters. The van der Waals surface area contributed by atoms with Gasteiger partial charge < -0.3 is 10.6 Å². The van der Waals surface area contributed by atoms with Crippen LogP contribution in [-0.2, 0) is 0 Å². The topological polar surface area (TPSA) is 62.7 Å². The summed E-state index contributed by atoms with van der Waals surface area (Å²) in [7, 11) is 0. The minimum atomic E-state index is 0.684. The fourth-order valence-electron chi connectivity index (χ4n) is 2.40. The Hall–Kier alpha value is -2.99. The number of fused-ring (bicyclic) bond motifs is 1. The number of aryl methyl sites for hydroxylation is 1. The molecule has 5 nitrogen and oxygen atoms in total. The van der Waals surface area contributed by atoms with E-state index in [-0.39, 0.29) is 0 Å². The van der Waals surface area contributed by atoms with Crippen LogP contribution < -0.4 is 10.6 Å². The van der Waals surface area contributed by atoms with E-state index in [9.17, 15) is 0 Å². The molecule has 24 heavy (non-hydrogen) atoms. The first-order valence-electron chi connectivity index (χ1n) is 7.55. The van der Waals surface area contributed by atoms with Crippen LogP contribution in [0.1, 0.15) is 5.56 Å². The third-order valence-corrected chi connectivity index (χ3v) is 4.46. The first kappa shape index (κ1) is 14.6. The zero-order valence-electron chi connectivity index (χ0n) is 13.0. The maximum atomic E-state index is 4.54. The van der Waals surface area contributed by atoms with Gasteiger partial charge in [0.15, 0.2) is 16.6 Å². The fourth-order valence-corrected chi connectivity index (χ4v) is 3.29. The zero-order valence-corrected chi connectivity index (χ0v) is 13.8. The Labute approximate surface area is 143 Å². The van der Waals surface area contributed by atoms with E-state index in [4.69, 9.17) is 0 Å². The number of nitrogens with zero attached hydrogens (tertiary/aromatic N) is 3. The van der Waals surface area contributed by atoms with Gasteiger partial charge in [0.1, 0.15) is 11.0 Å². The molecular weight excluding hydrogens is 318 g/mol. The molecule has 0 fully saturated rings. The number of benzene rings is 2. The summed E-state index contributed by atoms with van der Waals surface area (Å²) in [6.45, 7) is 2.06. The van der Waals surface area contributed by atoms with Gasteiger partial charge in [-0.2, -0.15) is 4.98 Å². The van der Waals surface area contributed by atoms with Crippen LogP contribution in [0.5, 0.6) is 0 Å². The van der Waals surface area contributed by atoms with E-state index in [0.29, 0.717) is 5.65 Å². The predicted molar refractivity (Wildman–Crippen MR) is 99.4 cm³/mol. The van der Waals surface area contributed by atoms with Gasteiger partial charge in [0, 0.05) is 11.4 Å². The number of aromatic nitrogens is 3. The molecule has 4 aromatic rings. The van der Waals surface area contributed by atoms with Gasteiger partial charge in [-0.25, -0.2) is 9.97 Å². The second-order valence-electron chi connectivity index (χ2n) is 5.38. The summed E-state index contributed by atoms with van der Waals surface area (Å²) in [4.78, 5) is 13.2. The lowest BCUT2D eigenvalue weighted by molar-refractivity contribution is 1.20. The molecule has 2 N–H and O–H groups in total. The molecule has 0 radical (unpaired) electrons. The van der Waals surface area contributed by atoms with Gasteiger partial charge in [0.2, 0.25) is 0 Å². The normalized spacial score (nSPS) is 10.7. The maximum absolute atomic E-state index is 4.54. The maximum Gasteiger partial charge on any atom is 0.189 e. The van der Waals surface area contributed by atoms with E-state index in [1.807, 2.05) is 42.5 Å². The van der Waals surface area contributed by atoms with E-state index in [2.05, 4.69) is 44.6 Å². The third kappa shape index (κ3) is 3.04. The standard InChI is InChI=1S/C18H15N5S/c1-12-6-5-9-14(10-12)21-16-15-17(20-11-19-16)23-18(24-15)22-13-7-3-2-4-8-13/h2-11H,1H3,(H2,19,20,21,22,23). The lowest BCUT2D eigenvalue weighted by Gasteiger charge is -2.06. The molecule has 0 bridgehead atoms. The molecular formula is C18H15N5S. The molecule has 0 aliphatic rings. The molecule has 0 aliphatic carbocycles. The predicted octanol–water partition coefficient (Wildman–Crippen LogP) is 4.88. The Morgan fingerprint density at radius 2 is 1.71 bits per heavy atom. The first-order chi connectivity index (χ1) is 11.8. The number of rotatable bonds is 4. The van der Waals surface area contributed by atoms with Crippen LogP contribution in [0, 0.1) is 6.92 Å². The highest BCUT2D eigenvalue weighted by molar-refractivity contribution is 7.22. The van der Waals surface area contributed by atoms with Crippen LogP contribution >= 0.6 is 11.3 Å². The molecule has 2 aromatic carbocycles. The van der Waals surface area contributed by atoms with Crippen LogP contribution in [0.2, 0.25) is 0 Å². The molecule has 0 saturated carbocycles. The lowest BCUT2D eigenvalue weighted by Crippen LogP contribution is -1.94. The van der Waals surface area contributed by atoms with Crippen LogP contribution in [0.4, 0.5) is 22.3 Å². The average Bonchev–Trinajstić information content (AvgIpc) is 2.99. The molecule has 0 atom stereocenters. The van der Waals surface area contributed by atoms with Crippen molar-refractivity contribution < 1.29 is 0 Å². The largest absolute Gasteiger partial charge is 0.339 e. The first-order valence-corrected chi connectivity index (χ1v) is 8.37. The number of hydrogen-bond donors (Lipinski definition) is 2. The van der Waals surface area contributed by atoms with Crippen molar-refractivity contribution in [3.05, 3.63) is 66.5 Å². The van der Waals surface area contributed by atoms with Crippen molar-refractivity contribution in [2.75, 3.05) is 10.6 Å². The monoisotopic (exact) mass is 333 g/mol. The van der Waals surface area contributed by atoms with Crippen LogP contribution in [-0.4, -0.2) is 15.0 Å². The van der Waals surface area contributed by atoms with Gasteiger partial charge in [-0.05, 0) is 36.8 Å². The molecule has 2 heterocycles. The Kier molecular flexibility index (Phi) is 3.80. The Balaban J connectivity index is 1.67. The molecule has 6 heteroatoms. The highest BCUT2D eigenvalue weighted by Gasteiger charge is 2.11. The summed E-state index contributed by atoms with van der Waals surface area (Å²) in [6, 6.07) is 18.1. The van der Waals surface area contributed by atoms with E-state index >= 15 is 0 Å². The highest BCUT2D eigenvalue weighted by Crippen LogP contribution is 2.32. The molecule has 118 valence electrons. The third-order valence-electron chi connectivity index (χ3n) is 3.50. The van der Waals surface area contributed by atoms with Crippen molar-refractivity contribution in [3.63, 3.8) is 0 Å². The van der Waals surface area contributed by atoms with E-state index in [1.165, 1.54) is 23.2 Å². The number of thiazole rings is 1. The van der Waals surface area contributed by atoms with Gasteiger partial charge in [0.25, 0.3) is 0 Å². The lowest BCUT2D eigenvalue weighted by atomic mass is 10.2. The van der Waals surface area contributed by atoms with Crippen molar-refractivity contribution in [1.29, 1.82) is 0 Å². The Morgan fingerprint density at radius 1 is 0.875 bits per heavy atom. The molecule has 0 aliphatic heterocycles. The van der Waals surface area contributed by atoms with Crippen molar-refractivity contribution >= 4 is 44.0 Å². The average molecular weight is 333 g/mol. The molecule has 2 aromatic heterocycles. The summed E-state index contributed by atoms with van der Waals surface area (Å²) >= 11 is 1.53. The summed E-state index contributed by atoms with van der Waals surface area (Å²) in [5.41, 5.74) is 3.88. The number of anilines is 4. The zero-order chi connectivity index (χ0) is 16.4. The van der Waals surface area contributed by atoms with Crippen molar-refractivity contribution in [3.8, 4) is 0 Å². The number of hydrogen-bond acceptors (Lipinski definition) is 6. The van der Waals surface area contributed by atoms with Gasteiger partial charge in [-0.1, -0.05) is 41.7 Å². The van der Waals surface area contributed by atoms with E-state index in [1.54, 1.807) is 0 Å². The van der Waals surface area contributed by atoms with Crippen molar-refractivity contribution in [1.82, 2.24) is 15.0 Å². The number of nitrogens with one attached hydrogen (secondary N) is 2. The van der Waals surface area contributed by atoms with Gasteiger partial charge in [0.05, 0.1) is 0 Å².